The molecule has 1 saturated heterocycles. The zero-order valence-corrected chi connectivity index (χ0v) is 26.0. The van der Waals surface area contributed by atoms with Gasteiger partial charge in [-0.25, -0.2) is 0 Å². The van der Waals surface area contributed by atoms with Gasteiger partial charge in [0, 0.05) is 12.0 Å². The van der Waals surface area contributed by atoms with Crippen molar-refractivity contribution in [3.8, 4) is 0 Å². The van der Waals surface area contributed by atoms with E-state index >= 15 is 0 Å². The molecule has 4 aliphatic carbocycles. The summed E-state index contributed by atoms with van der Waals surface area (Å²) in [4.78, 5) is 27.8. The highest BCUT2D eigenvalue weighted by molar-refractivity contribution is 6.48. The van der Waals surface area contributed by atoms with E-state index in [1.807, 2.05) is 42.5 Å². The van der Waals surface area contributed by atoms with E-state index in [1.165, 1.54) is 12.0 Å². The predicted molar refractivity (Wildman–Crippen MR) is 166 cm³/mol. The third kappa shape index (κ3) is 5.43. The second-order valence-corrected chi connectivity index (χ2v) is 14.4. The lowest BCUT2D eigenvalue weighted by molar-refractivity contribution is -0.199. The van der Waals surface area contributed by atoms with Crippen LogP contribution in [0.2, 0.25) is 0 Å². The van der Waals surface area contributed by atoms with Gasteiger partial charge in [0.25, 0.3) is 5.91 Å². The molecule has 1 heterocycles. The Morgan fingerprint density at radius 2 is 1.74 bits per heavy atom. The van der Waals surface area contributed by atoms with Crippen LogP contribution in [0.15, 0.2) is 48.5 Å². The van der Waals surface area contributed by atoms with Gasteiger partial charge in [-0.15, -0.1) is 0 Å². The van der Waals surface area contributed by atoms with Gasteiger partial charge >= 0.3 is 7.12 Å². The van der Waals surface area contributed by atoms with Crippen molar-refractivity contribution in [2.45, 2.75) is 110 Å². The first-order valence-electron chi connectivity index (χ1n) is 16.2. The van der Waals surface area contributed by atoms with Crippen LogP contribution >= 0.6 is 0 Å². The van der Waals surface area contributed by atoms with Gasteiger partial charge in [-0.05, 0) is 97.8 Å². The van der Waals surface area contributed by atoms with Gasteiger partial charge in [0.05, 0.1) is 17.6 Å². The highest BCUT2D eigenvalue weighted by Crippen LogP contribution is 2.65. The van der Waals surface area contributed by atoms with Crippen LogP contribution in [0.5, 0.6) is 0 Å². The molecule has 7 heteroatoms. The lowest BCUT2D eigenvalue weighted by Gasteiger charge is -2.64. The third-order valence-corrected chi connectivity index (χ3v) is 10.9. The van der Waals surface area contributed by atoms with E-state index in [-0.39, 0.29) is 34.9 Å². The third-order valence-electron chi connectivity index (χ3n) is 10.9. The molecule has 2 N–H and O–H groups in total. The number of benzene rings is 2. The lowest BCUT2D eigenvalue weighted by Crippen LogP contribution is -2.65. The van der Waals surface area contributed by atoms with Crippen LogP contribution in [0.4, 0.5) is 0 Å². The minimum absolute atomic E-state index is 0.0508. The number of carbonyl (C=O) groups is 2. The van der Waals surface area contributed by atoms with E-state index in [9.17, 15) is 9.59 Å². The molecule has 2 bridgehead atoms. The molecule has 4 fully saturated rings. The SMILES string of the molecule is CC(C)C[C@H](NC(=O)[C@H](Cc1ccccc1)NC(=O)c1cccc2c1CCCC2)B1O[C@@H]2C[C@@H]3C[C@@H](C3(C)C)[C@]2(C)O1. The van der Waals surface area contributed by atoms with E-state index in [4.69, 9.17) is 9.31 Å². The predicted octanol–water partition coefficient (Wildman–Crippen LogP) is 5.70. The maximum atomic E-state index is 14.1. The molecule has 0 radical (unpaired) electrons. The quantitative estimate of drug-likeness (QED) is 0.379. The molecule has 1 aliphatic heterocycles. The van der Waals surface area contributed by atoms with Gasteiger partial charge in [-0.2, -0.15) is 0 Å². The second kappa shape index (κ2) is 11.5. The van der Waals surface area contributed by atoms with Crippen molar-refractivity contribution in [2.75, 3.05) is 0 Å². The Labute approximate surface area is 251 Å². The van der Waals surface area contributed by atoms with Crippen LogP contribution in [0.3, 0.4) is 0 Å². The average molecular weight is 571 g/mol. The van der Waals surface area contributed by atoms with Crippen molar-refractivity contribution in [3.05, 3.63) is 70.8 Å². The molecule has 224 valence electrons. The number of aryl methyl sites for hydroxylation is 1. The first-order valence-corrected chi connectivity index (χ1v) is 16.2. The summed E-state index contributed by atoms with van der Waals surface area (Å²) in [7, 11) is -0.504. The van der Waals surface area contributed by atoms with Crippen molar-refractivity contribution in [3.63, 3.8) is 0 Å². The van der Waals surface area contributed by atoms with E-state index < -0.39 is 13.2 Å². The minimum Gasteiger partial charge on any atom is -0.404 e. The fourth-order valence-electron chi connectivity index (χ4n) is 8.39. The molecule has 2 amide bonds. The Bertz CT molecular complexity index is 1310. The molecule has 3 saturated carbocycles. The van der Waals surface area contributed by atoms with Crippen LogP contribution in [-0.4, -0.2) is 42.6 Å². The molecular weight excluding hydrogens is 523 g/mol. The highest BCUT2D eigenvalue weighted by atomic mass is 16.7. The average Bonchev–Trinajstić information content (AvgIpc) is 3.33. The molecule has 0 spiro atoms. The number of fused-ring (bicyclic) bond motifs is 1. The summed E-state index contributed by atoms with van der Waals surface area (Å²) in [5.74, 6) is 0.769. The Morgan fingerprint density at radius 1 is 0.976 bits per heavy atom. The van der Waals surface area contributed by atoms with Crippen LogP contribution in [-0.2, 0) is 33.4 Å². The van der Waals surface area contributed by atoms with E-state index in [0.29, 0.717) is 29.7 Å². The zero-order valence-electron chi connectivity index (χ0n) is 26.0. The fourth-order valence-corrected chi connectivity index (χ4v) is 8.39. The summed E-state index contributed by atoms with van der Waals surface area (Å²) >= 11 is 0. The van der Waals surface area contributed by atoms with E-state index in [0.717, 1.165) is 49.7 Å². The minimum atomic E-state index is -0.722. The van der Waals surface area contributed by atoms with Crippen LogP contribution in [0.25, 0.3) is 0 Å². The smallest absolute Gasteiger partial charge is 0.404 e. The highest BCUT2D eigenvalue weighted by Gasteiger charge is 2.68. The van der Waals surface area contributed by atoms with Crippen molar-refractivity contribution < 1.29 is 18.9 Å². The van der Waals surface area contributed by atoms with Gasteiger partial charge in [-0.3, -0.25) is 9.59 Å². The van der Waals surface area contributed by atoms with Crippen LogP contribution in [0, 0.1) is 23.2 Å². The Morgan fingerprint density at radius 3 is 2.48 bits per heavy atom. The summed E-state index contributed by atoms with van der Waals surface area (Å²) in [6, 6.07) is 15.2. The fraction of sp³-hybridized carbons (Fsp3) is 0.600. The molecule has 6 atom stereocenters. The van der Waals surface area contributed by atoms with E-state index in [2.05, 4.69) is 51.3 Å². The largest absolute Gasteiger partial charge is 0.481 e. The normalized spacial score (nSPS) is 28.7. The summed E-state index contributed by atoms with van der Waals surface area (Å²) in [6.45, 7) is 11.2. The molecule has 6 nitrogen and oxygen atoms in total. The van der Waals surface area contributed by atoms with Crippen LogP contribution in [0.1, 0.15) is 93.8 Å². The first-order chi connectivity index (χ1) is 20.1. The molecule has 42 heavy (non-hydrogen) atoms. The molecule has 7 rings (SSSR count). The number of amides is 2. The topological polar surface area (TPSA) is 76.7 Å². The van der Waals surface area contributed by atoms with Gasteiger partial charge < -0.3 is 19.9 Å². The molecular formula is C35H47BN2O4. The second-order valence-electron chi connectivity index (χ2n) is 14.4. The van der Waals surface area contributed by atoms with Crippen molar-refractivity contribution >= 4 is 18.9 Å². The van der Waals surface area contributed by atoms with Crippen molar-refractivity contribution in [1.82, 2.24) is 10.6 Å². The van der Waals surface area contributed by atoms with Gasteiger partial charge in [0.15, 0.2) is 0 Å². The number of nitrogens with one attached hydrogen (secondary N) is 2. The maximum absolute atomic E-state index is 14.1. The van der Waals surface area contributed by atoms with Crippen molar-refractivity contribution in [2.24, 2.45) is 23.2 Å². The standard InChI is InChI=1S/C35H47BN2O4/c1-22(2)18-31(36-41-30-21-25-20-29(34(25,3)4)35(30,5)42-36)38-33(40)28(19-23-12-7-6-8-13-23)37-32(39)27-17-11-15-24-14-9-10-16-26(24)27/h6-8,11-13,15,17,22,25,28-31H,9-10,14,16,18-21H2,1-5H3,(H,37,39)(H,38,40)/t25-,28-,29-,30+,31-,35-/m0/s1. The molecule has 2 aromatic rings. The molecule has 0 aromatic heterocycles. The van der Waals surface area contributed by atoms with Gasteiger partial charge in [0.1, 0.15) is 6.04 Å². The summed E-state index contributed by atoms with van der Waals surface area (Å²) in [5, 5.41) is 6.43. The lowest BCUT2D eigenvalue weighted by atomic mass is 9.43. The monoisotopic (exact) mass is 570 g/mol. The summed E-state index contributed by atoms with van der Waals surface area (Å²) in [5.41, 5.74) is 3.99. The van der Waals surface area contributed by atoms with Gasteiger partial charge in [0.2, 0.25) is 5.91 Å². The molecule has 0 unspecified atom stereocenters. The van der Waals surface area contributed by atoms with Crippen molar-refractivity contribution in [1.29, 1.82) is 0 Å². The first kappa shape index (κ1) is 29.4. The molecule has 2 aromatic carbocycles. The van der Waals surface area contributed by atoms with E-state index in [1.54, 1.807) is 0 Å². The summed E-state index contributed by atoms with van der Waals surface area (Å²) in [6.07, 6.45) is 7.52. The van der Waals surface area contributed by atoms with Gasteiger partial charge in [-0.1, -0.05) is 70.2 Å². The molecule has 5 aliphatic rings. The Balaban J connectivity index is 1.22. The zero-order chi connectivity index (χ0) is 29.6. The number of hydrogen-bond acceptors (Lipinski definition) is 4. The number of rotatable bonds is 9. The number of hydrogen-bond donors (Lipinski definition) is 2. The summed E-state index contributed by atoms with van der Waals surface area (Å²) < 4.78 is 13.4. The van der Waals surface area contributed by atoms with Crippen LogP contribution < -0.4 is 10.6 Å². The maximum Gasteiger partial charge on any atom is 0.481 e. The Kier molecular flexibility index (Phi) is 8.03. The Hall–Kier alpha value is -2.64. The number of carbonyl (C=O) groups excluding carboxylic acids is 2.